The quantitative estimate of drug-likeness (QED) is 0.657. The fourth-order valence-electron chi connectivity index (χ4n) is 3.46. The van der Waals surface area contributed by atoms with Gasteiger partial charge in [0.1, 0.15) is 0 Å². The SMILES string of the molecule is Cc1cccc(-c2nnc(-c3cccc(S(=O)(=O)N4CCCCCC4)c3)o2)c1. The minimum atomic E-state index is -3.52. The molecule has 6 nitrogen and oxygen atoms in total. The molecule has 3 aromatic rings. The first-order valence-corrected chi connectivity index (χ1v) is 11.0. The molecular weight excluding hydrogens is 374 g/mol. The predicted octanol–water partition coefficient (Wildman–Crippen LogP) is 4.28. The van der Waals surface area contributed by atoms with E-state index in [-0.39, 0.29) is 4.90 Å². The average Bonchev–Trinajstić information content (AvgIpc) is 3.03. The van der Waals surface area contributed by atoms with E-state index in [9.17, 15) is 8.42 Å². The second kappa shape index (κ2) is 7.85. The lowest BCUT2D eigenvalue weighted by atomic mass is 10.1. The molecule has 0 saturated carbocycles. The highest BCUT2D eigenvalue weighted by Gasteiger charge is 2.25. The van der Waals surface area contributed by atoms with Gasteiger partial charge in [-0.1, -0.05) is 36.6 Å². The first-order valence-electron chi connectivity index (χ1n) is 9.55. The lowest BCUT2D eigenvalue weighted by Crippen LogP contribution is -2.31. The number of aromatic nitrogens is 2. The Kier molecular flexibility index (Phi) is 5.28. The van der Waals surface area contributed by atoms with Gasteiger partial charge in [0.15, 0.2) is 0 Å². The van der Waals surface area contributed by atoms with Crippen molar-refractivity contribution in [3.05, 3.63) is 54.1 Å². The Balaban J connectivity index is 1.64. The number of nitrogens with zero attached hydrogens (tertiary/aromatic N) is 3. The van der Waals surface area contributed by atoms with E-state index in [0.29, 0.717) is 30.4 Å². The summed E-state index contributed by atoms with van der Waals surface area (Å²) < 4.78 is 33.5. The third-order valence-electron chi connectivity index (χ3n) is 4.97. The van der Waals surface area contributed by atoms with Crippen molar-refractivity contribution in [3.63, 3.8) is 0 Å². The van der Waals surface area contributed by atoms with Crippen LogP contribution in [0.25, 0.3) is 22.9 Å². The molecule has 1 aliphatic rings. The van der Waals surface area contributed by atoms with E-state index in [0.717, 1.165) is 36.8 Å². The second-order valence-electron chi connectivity index (χ2n) is 7.13. The number of aryl methyl sites for hydroxylation is 1. The Morgan fingerprint density at radius 2 is 1.46 bits per heavy atom. The molecule has 146 valence electrons. The summed E-state index contributed by atoms with van der Waals surface area (Å²) in [5.74, 6) is 0.726. The largest absolute Gasteiger partial charge is 0.416 e. The Bertz CT molecular complexity index is 1070. The van der Waals surface area contributed by atoms with E-state index in [1.165, 1.54) is 0 Å². The minimum Gasteiger partial charge on any atom is -0.416 e. The topological polar surface area (TPSA) is 76.3 Å². The summed E-state index contributed by atoms with van der Waals surface area (Å²) >= 11 is 0. The standard InChI is InChI=1S/C21H23N3O3S/c1-16-8-6-9-17(14-16)20-22-23-21(27-20)18-10-7-11-19(15-18)28(25,26)24-12-4-2-3-5-13-24/h6-11,14-15H,2-5,12-13H2,1H3. The molecule has 0 aliphatic carbocycles. The van der Waals surface area contributed by atoms with Crippen molar-refractivity contribution in [2.24, 2.45) is 0 Å². The van der Waals surface area contributed by atoms with Gasteiger partial charge in [-0.05, 0) is 50.1 Å². The smallest absolute Gasteiger partial charge is 0.248 e. The summed E-state index contributed by atoms with van der Waals surface area (Å²) in [5, 5.41) is 8.24. The van der Waals surface area contributed by atoms with E-state index in [1.807, 2.05) is 31.2 Å². The number of sulfonamides is 1. The van der Waals surface area contributed by atoms with Crippen molar-refractivity contribution in [1.82, 2.24) is 14.5 Å². The van der Waals surface area contributed by atoms with Gasteiger partial charge in [0.2, 0.25) is 21.8 Å². The van der Waals surface area contributed by atoms with E-state index in [2.05, 4.69) is 10.2 Å². The summed E-state index contributed by atoms with van der Waals surface area (Å²) in [4.78, 5) is 0.266. The van der Waals surface area contributed by atoms with E-state index in [1.54, 1.807) is 28.6 Å². The molecule has 0 N–H and O–H groups in total. The van der Waals surface area contributed by atoms with Gasteiger partial charge >= 0.3 is 0 Å². The van der Waals surface area contributed by atoms with Crippen molar-refractivity contribution in [3.8, 4) is 22.9 Å². The fraction of sp³-hybridized carbons (Fsp3) is 0.333. The maximum atomic E-state index is 13.0. The zero-order chi connectivity index (χ0) is 19.6. The van der Waals surface area contributed by atoms with E-state index in [4.69, 9.17) is 4.42 Å². The van der Waals surface area contributed by atoms with Gasteiger partial charge in [-0.25, -0.2) is 8.42 Å². The molecular formula is C21H23N3O3S. The summed E-state index contributed by atoms with van der Waals surface area (Å²) in [6, 6.07) is 14.6. The third-order valence-corrected chi connectivity index (χ3v) is 6.87. The highest BCUT2D eigenvalue weighted by Crippen LogP contribution is 2.27. The van der Waals surface area contributed by atoms with Crippen LogP contribution >= 0.6 is 0 Å². The highest BCUT2D eigenvalue weighted by atomic mass is 32.2. The average molecular weight is 398 g/mol. The molecule has 7 heteroatoms. The molecule has 2 aromatic carbocycles. The minimum absolute atomic E-state index is 0.266. The molecule has 1 aliphatic heterocycles. The van der Waals surface area contributed by atoms with Crippen LogP contribution in [0.15, 0.2) is 57.8 Å². The number of rotatable bonds is 4. The molecule has 0 atom stereocenters. The number of hydrogen-bond donors (Lipinski definition) is 0. The van der Waals surface area contributed by atoms with Crippen molar-refractivity contribution < 1.29 is 12.8 Å². The molecule has 0 radical (unpaired) electrons. The molecule has 4 rings (SSSR count). The summed E-state index contributed by atoms with van der Waals surface area (Å²) in [6.45, 7) is 3.15. The second-order valence-corrected chi connectivity index (χ2v) is 9.07. The van der Waals surface area contributed by atoms with Crippen molar-refractivity contribution in [1.29, 1.82) is 0 Å². The van der Waals surface area contributed by atoms with Crippen LogP contribution in [-0.4, -0.2) is 36.0 Å². The lowest BCUT2D eigenvalue weighted by molar-refractivity contribution is 0.424. The Morgan fingerprint density at radius 3 is 2.11 bits per heavy atom. The van der Waals surface area contributed by atoms with Crippen LogP contribution in [0.3, 0.4) is 0 Å². The van der Waals surface area contributed by atoms with Gasteiger partial charge in [-0.3, -0.25) is 0 Å². The zero-order valence-corrected chi connectivity index (χ0v) is 16.7. The van der Waals surface area contributed by atoms with Crippen LogP contribution in [0.2, 0.25) is 0 Å². The summed E-state index contributed by atoms with van der Waals surface area (Å²) in [7, 11) is -3.52. The molecule has 2 heterocycles. The zero-order valence-electron chi connectivity index (χ0n) is 15.8. The maximum Gasteiger partial charge on any atom is 0.248 e. The first kappa shape index (κ1) is 18.8. The highest BCUT2D eigenvalue weighted by molar-refractivity contribution is 7.89. The third kappa shape index (κ3) is 3.86. The van der Waals surface area contributed by atoms with Gasteiger partial charge in [-0.15, -0.1) is 10.2 Å². The van der Waals surface area contributed by atoms with Gasteiger partial charge in [0, 0.05) is 24.2 Å². The molecule has 0 bridgehead atoms. The fourth-order valence-corrected chi connectivity index (χ4v) is 5.02. The monoisotopic (exact) mass is 397 g/mol. The molecule has 1 fully saturated rings. The lowest BCUT2D eigenvalue weighted by Gasteiger charge is -2.20. The predicted molar refractivity (Wildman–Crippen MR) is 107 cm³/mol. The van der Waals surface area contributed by atoms with E-state index >= 15 is 0 Å². The van der Waals surface area contributed by atoms with Gasteiger partial charge < -0.3 is 4.42 Å². The molecule has 0 spiro atoms. The molecule has 1 saturated heterocycles. The van der Waals surface area contributed by atoms with Gasteiger partial charge in [0.05, 0.1) is 4.90 Å². The van der Waals surface area contributed by atoms with E-state index < -0.39 is 10.0 Å². The molecule has 0 amide bonds. The van der Waals surface area contributed by atoms with Crippen molar-refractivity contribution in [2.75, 3.05) is 13.1 Å². The van der Waals surface area contributed by atoms with Crippen molar-refractivity contribution >= 4 is 10.0 Å². The Hall–Kier alpha value is -2.51. The number of hydrogen-bond acceptors (Lipinski definition) is 5. The Morgan fingerprint density at radius 1 is 0.857 bits per heavy atom. The van der Waals surface area contributed by atoms with Crippen LogP contribution in [0.4, 0.5) is 0 Å². The van der Waals surface area contributed by atoms with Crippen molar-refractivity contribution in [2.45, 2.75) is 37.5 Å². The number of benzene rings is 2. The van der Waals surface area contributed by atoms with Crippen LogP contribution in [0.1, 0.15) is 31.2 Å². The maximum absolute atomic E-state index is 13.0. The first-order chi connectivity index (χ1) is 13.5. The molecule has 1 aromatic heterocycles. The summed E-state index contributed by atoms with van der Waals surface area (Å²) in [6.07, 6.45) is 3.97. The normalized spacial score (nSPS) is 16.0. The summed E-state index contributed by atoms with van der Waals surface area (Å²) in [5.41, 5.74) is 2.54. The molecule has 0 unspecified atom stereocenters. The van der Waals surface area contributed by atoms with Crippen LogP contribution in [0.5, 0.6) is 0 Å². The van der Waals surface area contributed by atoms with Crippen LogP contribution in [-0.2, 0) is 10.0 Å². The molecule has 28 heavy (non-hydrogen) atoms. The van der Waals surface area contributed by atoms with Gasteiger partial charge in [0.25, 0.3) is 0 Å². The van der Waals surface area contributed by atoms with Crippen LogP contribution < -0.4 is 0 Å². The van der Waals surface area contributed by atoms with Crippen LogP contribution in [0, 0.1) is 6.92 Å². The Labute approximate surface area is 165 Å². The van der Waals surface area contributed by atoms with Gasteiger partial charge in [-0.2, -0.15) is 4.31 Å².